The lowest BCUT2D eigenvalue weighted by Crippen LogP contribution is -2.45. The number of hydrogen-bond acceptors (Lipinski definition) is 3. The van der Waals surface area contributed by atoms with Crippen molar-refractivity contribution in [3.63, 3.8) is 0 Å². The van der Waals surface area contributed by atoms with Gasteiger partial charge in [-0.3, -0.25) is 0 Å². The zero-order chi connectivity index (χ0) is 19.9. The van der Waals surface area contributed by atoms with Gasteiger partial charge in [-0.05, 0) is 54.6 Å². The first-order valence-electron chi connectivity index (χ1n) is 10.8. The van der Waals surface area contributed by atoms with Crippen LogP contribution >= 0.6 is 0 Å². The number of allylic oxidation sites excluding steroid dienone is 1. The molecule has 150 valence electrons. The summed E-state index contributed by atoms with van der Waals surface area (Å²) >= 11 is 0. The summed E-state index contributed by atoms with van der Waals surface area (Å²) in [5.74, 6) is 2.16. The minimum Gasteiger partial charge on any atom is -0.445 e. The number of nitrogens with zero attached hydrogens (tertiary/aromatic N) is 2. The molecule has 1 aromatic carbocycles. The molecular formula is C24H32N2O2. The number of para-hydroxylation sites is 2. The first-order chi connectivity index (χ1) is 13.4. The maximum Gasteiger partial charge on any atom is 0.420 e. The van der Waals surface area contributed by atoms with E-state index < -0.39 is 0 Å². The van der Waals surface area contributed by atoms with Gasteiger partial charge in [0.2, 0.25) is 0 Å². The van der Waals surface area contributed by atoms with Gasteiger partial charge in [0.25, 0.3) is 0 Å². The van der Waals surface area contributed by atoms with Crippen LogP contribution in [0.4, 0.5) is 4.79 Å². The number of imidazole rings is 1. The molecule has 0 bridgehead atoms. The monoisotopic (exact) mass is 380 g/mol. The van der Waals surface area contributed by atoms with Crippen molar-refractivity contribution in [2.45, 2.75) is 65.9 Å². The largest absolute Gasteiger partial charge is 0.445 e. The topological polar surface area (TPSA) is 44.1 Å². The van der Waals surface area contributed by atoms with Gasteiger partial charge in [-0.2, -0.15) is 0 Å². The molecule has 0 radical (unpaired) electrons. The molecule has 2 aliphatic carbocycles. The van der Waals surface area contributed by atoms with Crippen molar-refractivity contribution in [1.82, 2.24) is 9.55 Å². The van der Waals surface area contributed by atoms with Gasteiger partial charge in [0, 0.05) is 6.42 Å². The summed E-state index contributed by atoms with van der Waals surface area (Å²) in [5.41, 5.74) is 3.37. The highest BCUT2D eigenvalue weighted by molar-refractivity contribution is 5.86. The SMILES string of the molecule is CCC1CC=C2C[C@@H](OC(=O)n3cnc4ccccc43)CC[C@]2(C)C1C(C)C. The molecule has 28 heavy (non-hydrogen) atoms. The fourth-order valence-corrected chi connectivity index (χ4v) is 5.96. The number of benzene rings is 1. The Bertz CT molecular complexity index is 897. The van der Waals surface area contributed by atoms with Crippen molar-refractivity contribution in [2.75, 3.05) is 0 Å². The van der Waals surface area contributed by atoms with Crippen LogP contribution in [0.5, 0.6) is 0 Å². The van der Waals surface area contributed by atoms with Gasteiger partial charge < -0.3 is 4.74 Å². The molecule has 1 aromatic heterocycles. The van der Waals surface area contributed by atoms with Gasteiger partial charge in [-0.25, -0.2) is 14.3 Å². The third-order valence-corrected chi connectivity index (χ3v) is 7.24. The maximum absolute atomic E-state index is 12.8. The van der Waals surface area contributed by atoms with Crippen LogP contribution < -0.4 is 0 Å². The average molecular weight is 381 g/mol. The van der Waals surface area contributed by atoms with E-state index in [2.05, 4.69) is 38.8 Å². The standard InChI is InChI=1S/C24H32N2O2/c1-5-17-10-11-18-14-19(12-13-24(18,4)22(17)16(2)3)28-23(27)26-15-25-20-8-6-7-9-21(20)26/h6-9,11,15-17,19,22H,5,10,12-14H2,1-4H3/t17?,19-,22?,24-/m0/s1. The second kappa shape index (κ2) is 7.38. The molecule has 0 spiro atoms. The van der Waals surface area contributed by atoms with Crippen molar-refractivity contribution >= 4 is 17.1 Å². The lowest BCUT2D eigenvalue weighted by Gasteiger charge is -2.52. The van der Waals surface area contributed by atoms with E-state index in [1.807, 2.05) is 24.3 Å². The Morgan fingerprint density at radius 1 is 1.36 bits per heavy atom. The van der Waals surface area contributed by atoms with E-state index >= 15 is 0 Å². The van der Waals surface area contributed by atoms with E-state index in [9.17, 15) is 4.79 Å². The van der Waals surface area contributed by atoms with E-state index in [0.29, 0.717) is 11.8 Å². The molecule has 1 heterocycles. The van der Waals surface area contributed by atoms with Crippen LogP contribution in [0.15, 0.2) is 42.2 Å². The smallest absolute Gasteiger partial charge is 0.420 e. The molecule has 0 aliphatic heterocycles. The van der Waals surface area contributed by atoms with Crippen LogP contribution in [-0.2, 0) is 4.74 Å². The molecule has 4 nitrogen and oxygen atoms in total. The molecule has 2 unspecified atom stereocenters. The van der Waals surface area contributed by atoms with Crippen molar-refractivity contribution in [2.24, 2.45) is 23.2 Å². The Balaban J connectivity index is 1.51. The third-order valence-electron chi connectivity index (χ3n) is 7.24. The van der Waals surface area contributed by atoms with E-state index in [1.54, 1.807) is 6.33 Å². The molecule has 0 amide bonds. The summed E-state index contributed by atoms with van der Waals surface area (Å²) < 4.78 is 7.46. The second-order valence-electron chi connectivity index (χ2n) is 9.17. The zero-order valence-corrected chi connectivity index (χ0v) is 17.5. The number of carbonyl (C=O) groups is 1. The Morgan fingerprint density at radius 3 is 2.89 bits per heavy atom. The summed E-state index contributed by atoms with van der Waals surface area (Å²) in [6, 6.07) is 7.66. The van der Waals surface area contributed by atoms with E-state index in [4.69, 9.17) is 4.74 Å². The van der Waals surface area contributed by atoms with Gasteiger partial charge in [-0.15, -0.1) is 0 Å². The molecule has 1 saturated carbocycles. The van der Waals surface area contributed by atoms with Crippen molar-refractivity contribution in [1.29, 1.82) is 0 Å². The Hall–Kier alpha value is -2.10. The minimum atomic E-state index is -0.314. The normalized spacial score (nSPS) is 30.2. The average Bonchev–Trinajstić information content (AvgIpc) is 3.11. The van der Waals surface area contributed by atoms with Gasteiger partial charge in [-0.1, -0.05) is 57.9 Å². The molecule has 4 heteroatoms. The number of fused-ring (bicyclic) bond motifs is 2. The number of rotatable bonds is 3. The number of ether oxygens (including phenoxy) is 1. The Morgan fingerprint density at radius 2 is 2.14 bits per heavy atom. The van der Waals surface area contributed by atoms with Gasteiger partial charge in [0.15, 0.2) is 0 Å². The van der Waals surface area contributed by atoms with Crippen LogP contribution in [0.1, 0.15) is 59.8 Å². The number of hydrogen-bond donors (Lipinski definition) is 0. The fraction of sp³-hybridized carbons (Fsp3) is 0.583. The number of carbonyl (C=O) groups excluding carboxylic acids is 1. The summed E-state index contributed by atoms with van der Waals surface area (Å²) in [6.45, 7) is 9.52. The molecular weight excluding hydrogens is 348 g/mol. The Kier molecular flexibility index (Phi) is 5.07. The molecule has 4 rings (SSSR count). The highest BCUT2D eigenvalue weighted by atomic mass is 16.6. The van der Waals surface area contributed by atoms with Crippen molar-refractivity contribution in [3.8, 4) is 0 Å². The van der Waals surface area contributed by atoms with Crippen LogP contribution in [0, 0.1) is 23.2 Å². The zero-order valence-electron chi connectivity index (χ0n) is 17.5. The molecule has 2 aromatic rings. The second-order valence-corrected chi connectivity index (χ2v) is 9.17. The van der Waals surface area contributed by atoms with E-state index in [0.717, 1.165) is 42.6 Å². The number of aromatic nitrogens is 2. The van der Waals surface area contributed by atoms with E-state index in [1.165, 1.54) is 16.6 Å². The summed E-state index contributed by atoms with van der Waals surface area (Å²) in [5, 5.41) is 0. The van der Waals surface area contributed by atoms with Crippen molar-refractivity contribution < 1.29 is 9.53 Å². The van der Waals surface area contributed by atoms with Crippen LogP contribution in [0.3, 0.4) is 0 Å². The van der Waals surface area contributed by atoms with Crippen LogP contribution in [-0.4, -0.2) is 21.7 Å². The summed E-state index contributed by atoms with van der Waals surface area (Å²) in [6.07, 6.45) is 8.98. The third kappa shape index (κ3) is 3.17. The molecule has 0 saturated heterocycles. The summed E-state index contributed by atoms with van der Waals surface area (Å²) in [4.78, 5) is 17.1. The van der Waals surface area contributed by atoms with Gasteiger partial charge in [0.1, 0.15) is 12.4 Å². The van der Waals surface area contributed by atoms with Gasteiger partial charge in [0.05, 0.1) is 11.0 Å². The molecule has 2 aliphatic rings. The highest BCUT2D eigenvalue weighted by Crippen LogP contribution is 2.56. The maximum atomic E-state index is 12.8. The minimum absolute atomic E-state index is 0.0426. The molecule has 0 N–H and O–H groups in total. The molecule has 4 atom stereocenters. The lowest BCUT2D eigenvalue weighted by atomic mass is 9.53. The van der Waals surface area contributed by atoms with Crippen molar-refractivity contribution in [3.05, 3.63) is 42.2 Å². The first kappa shape index (κ1) is 19.2. The van der Waals surface area contributed by atoms with Crippen LogP contribution in [0.2, 0.25) is 0 Å². The predicted molar refractivity (Wildman–Crippen MR) is 112 cm³/mol. The molecule has 1 fully saturated rings. The quantitative estimate of drug-likeness (QED) is 0.595. The summed E-state index contributed by atoms with van der Waals surface area (Å²) in [7, 11) is 0. The van der Waals surface area contributed by atoms with E-state index in [-0.39, 0.29) is 17.6 Å². The first-order valence-corrected chi connectivity index (χ1v) is 10.8. The predicted octanol–water partition coefficient (Wildman–Crippen LogP) is 6.21. The van der Waals surface area contributed by atoms with Gasteiger partial charge >= 0.3 is 6.09 Å². The Labute approximate surface area is 168 Å². The fourth-order valence-electron chi connectivity index (χ4n) is 5.96. The van der Waals surface area contributed by atoms with Crippen LogP contribution in [0.25, 0.3) is 11.0 Å². The lowest BCUT2D eigenvalue weighted by molar-refractivity contribution is 0.0177. The highest BCUT2D eigenvalue weighted by Gasteiger charge is 2.48.